The molecule has 0 bridgehead atoms. The maximum atomic E-state index is 12.6. The summed E-state index contributed by atoms with van der Waals surface area (Å²) in [4.78, 5) is 17.0. The SMILES string of the molecule is CC(C)(N)C(C)(C)C(=O)c1cnc2ccccc2c1. The van der Waals surface area contributed by atoms with Crippen LogP contribution < -0.4 is 5.73 Å². The number of fused-ring (bicyclic) bond motifs is 1. The summed E-state index contributed by atoms with van der Waals surface area (Å²) >= 11 is 0. The molecule has 0 radical (unpaired) electrons. The van der Waals surface area contributed by atoms with Crippen molar-refractivity contribution in [3.8, 4) is 0 Å². The van der Waals surface area contributed by atoms with E-state index in [0.29, 0.717) is 5.56 Å². The molecule has 1 aromatic carbocycles. The number of nitrogens with zero attached hydrogens (tertiary/aromatic N) is 1. The van der Waals surface area contributed by atoms with E-state index in [1.54, 1.807) is 6.20 Å². The van der Waals surface area contributed by atoms with Crippen molar-refractivity contribution >= 4 is 16.7 Å². The first-order chi connectivity index (χ1) is 8.73. The van der Waals surface area contributed by atoms with E-state index in [1.165, 1.54) is 0 Å². The standard InChI is InChI=1S/C16H20N2O/c1-15(2,16(3,4)17)14(19)12-9-11-7-5-6-8-13(11)18-10-12/h5-10H,17H2,1-4H3. The van der Waals surface area contributed by atoms with Crippen molar-refractivity contribution in [3.63, 3.8) is 0 Å². The van der Waals surface area contributed by atoms with Gasteiger partial charge in [0.25, 0.3) is 0 Å². The summed E-state index contributed by atoms with van der Waals surface area (Å²) in [5, 5.41) is 0.971. The number of para-hydroxylation sites is 1. The molecule has 3 nitrogen and oxygen atoms in total. The Bertz CT molecular complexity index is 624. The van der Waals surface area contributed by atoms with Crippen LogP contribution in [0.1, 0.15) is 38.1 Å². The number of aromatic nitrogens is 1. The van der Waals surface area contributed by atoms with Gasteiger partial charge in [0.05, 0.1) is 5.52 Å². The van der Waals surface area contributed by atoms with Gasteiger partial charge in [-0.2, -0.15) is 0 Å². The van der Waals surface area contributed by atoms with Crippen molar-refractivity contribution in [1.82, 2.24) is 4.98 Å². The van der Waals surface area contributed by atoms with Crippen molar-refractivity contribution < 1.29 is 4.79 Å². The minimum Gasteiger partial charge on any atom is -0.325 e. The molecule has 0 saturated carbocycles. The third-order valence-electron chi connectivity index (χ3n) is 4.03. The van der Waals surface area contributed by atoms with E-state index < -0.39 is 11.0 Å². The van der Waals surface area contributed by atoms with Gasteiger partial charge < -0.3 is 5.73 Å². The highest BCUT2D eigenvalue weighted by Crippen LogP contribution is 2.32. The molecule has 0 spiro atoms. The largest absolute Gasteiger partial charge is 0.325 e. The molecule has 3 heteroatoms. The van der Waals surface area contributed by atoms with Gasteiger partial charge in [0.1, 0.15) is 0 Å². The predicted molar refractivity (Wildman–Crippen MR) is 78.1 cm³/mol. The summed E-state index contributed by atoms with van der Waals surface area (Å²) < 4.78 is 0. The predicted octanol–water partition coefficient (Wildman–Crippen LogP) is 3.18. The first-order valence-electron chi connectivity index (χ1n) is 6.42. The Morgan fingerprint density at radius 3 is 2.42 bits per heavy atom. The fourth-order valence-electron chi connectivity index (χ4n) is 1.85. The summed E-state index contributed by atoms with van der Waals surface area (Å²) in [5.74, 6) is 0.0262. The van der Waals surface area contributed by atoms with E-state index in [4.69, 9.17) is 5.73 Å². The van der Waals surface area contributed by atoms with Crippen LogP contribution in [0.5, 0.6) is 0 Å². The van der Waals surface area contributed by atoms with E-state index in [1.807, 2.05) is 58.0 Å². The van der Waals surface area contributed by atoms with Gasteiger partial charge in [-0.05, 0) is 26.0 Å². The third kappa shape index (κ3) is 2.38. The number of carbonyl (C=O) groups is 1. The normalized spacial score (nSPS) is 12.7. The Morgan fingerprint density at radius 1 is 1.16 bits per heavy atom. The summed E-state index contributed by atoms with van der Waals surface area (Å²) in [7, 11) is 0. The second-order valence-corrected chi connectivity index (χ2v) is 6.09. The molecule has 100 valence electrons. The number of hydrogen-bond acceptors (Lipinski definition) is 3. The maximum absolute atomic E-state index is 12.6. The molecular formula is C16H20N2O. The van der Waals surface area contributed by atoms with Gasteiger partial charge in [-0.25, -0.2) is 0 Å². The van der Waals surface area contributed by atoms with Gasteiger partial charge in [0.15, 0.2) is 5.78 Å². The fraction of sp³-hybridized carbons (Fsp3) is 0.375. The number of ketones is 1. The van der Waals surface area contributed by atoms with E-state index >= 15 is 0 Å². The number of hydrogen-bond donors (Lipinski definition) is 1. The average molecular weight is 256 g/mol. The summed E-state index contributed by atoms with van der Waals surface area (Å²) in [5.41, 5.74) is 6.40. The number of rotatable bonds is 3. The molecule has 0 aliphatic heterocycles. The van der Waals surface area contributed by atoms with Crippen LogP contribution in [0.2, 0.25) is 0 Å². The molecule has 0 aliphatic carbocycles. The molecule has 1 heterocycles. The minimum atomic E-state index is -0.642. The number of Topliss-reactive ketones (excluding diaryl/α,β-unsaturated/α-hetero) is 1. The molecular weight excluding hydrogens is 236 g/mol. The lowest BCUT2D eigenvalue weighted by atomic mass is 9.70. The zero-order chi connectivity index (χ0) is 14.3. The van der Waals surface area contributed by atoms with Crippen molar-refractivity contribution in [2.24, 2.45) is 11.1 Å². The van der Waals surface area contributed by atoms with Crippen molar-refractivity contribution in [2.75, 3.05) is 0 Å². The van der Waals surface area contributed by atoms with Crippen LogP contribution in [0.15, 0.2) is 36.5 Å². The topological polar surface area (TPSA) is 56.0 Å². The lowest BCUT2D eigenvalue weighted by Gasteiger charge is -2.37. The van der Waals surface area contributed by atoms with E-state index in [-0.39, 0.29) is 5.78 Å². The van der Waals surface area contributed by atoms with Crippen molar-refractivity contribution in [3.05, 3.63) is 42.1 Å². The second-order valence-electron chi connectivity index (χ2n) is 6.09. The van der Waals surface area contributed by atoms with Crippen LogP contribution in [-0.2, 0) is 0 Å². The molecule has 0 aliphatic rings. The van der Waals surface area contributed by atoms with Gasteiger partial charge in [0.2, 0.25) is 0 Å². The van der Waals surface area contributed by atoms with Crippen LogP contribution in [0.4, 0.5) is 0 Å². The highest BCUT2D eigenvalue weighted by Gasteiger charge is 2.40. The van der Waals surface area contributed by atoms with E-state index in [0.717, 1.165) is 10.9 Å². The van der Waals surface area contributed by atoms with E-state index in [2.05, 4.69) is 4.98 Å². The zero-order valence-electron chi connectivity index (χ0n) is 11.9. The quantitative estimate of drug-likeness (QED) is 0.858. The molecule has 0 amide bonds. The summed E-state index contributed by atoms with van der Waals surface area (Å²) in [6.45, 7) is 7.51. The Hall–Kier alpha value is -1.74. The van der Waals surface area contributed by atoms with Crippen LogP contribution in [0, 0.1) is 5.41 Å². The summed E-state index contributed by atoms with van der Waals surface area (Å²) in [6, 6.07) is 9.65. The van der Waals surface area contributed by atoms with Crippen molar-refractivity contribution in [1.29, 1.82) is 0 Å². The maximum Gasteiger partial charge on any atom is 0.171 e. The molecule has 0 atom stereocenters. The van der Waals surface area contributed by atoms with Crippen LogP contribution in [-0.4, -0.2) is 16.3 Å². The summed E-state index contributed by atoms with van der Waals surface area (Å²) in [6.07, 6.45) is 1.64. The van der Waals surface area contributed by atoms with Gasteiger partial charge >= 0.3 is 0 Å². The Morgan fingerprint density at radius 2 is 1.79 bits per heavy atom. The van der Waals surface area contributed by atoms with Crippen LogP contribution in [0.25, 0.3) is 10.9 Å². The highest BCUT2D eigenvalue weighted by molar-refractivity contribution is 6.02. The Kier molecular flexibility index (Phi) is 3.19. The second kappa shape index (κ2) is 4.42. The molecule has 2 N–H and O–H groups in total. The monoisotopic (exact) mass is 256 g/mol. The van der Waals surface area contributed by atoms with Gasteiger partial charge in [-0.15, -0.1) is 0 Å². The first-order valence-corrected chi connectivity index (χ1v) is 6.42. The van der Waals surface area contributed by atoms with E-state index in [9.17, 15) is 4.79 Å². The number of nitrogens with two attached hydrogens (primary N) is 1. The number of carbonyl (C=O) groups excluding carboxylic acids is 1. The Labute approximate surface area is 113 Å². The number of benzene rings is 1. The zero-order valence-corrected chi connectivity index (χ0v) is 11.9. The van der Waals surface area contributed by atoms with Crippen molar-refractivity contribution in [2.45, 2.75) is 33.2 Å². The molecule has 2 rings (SSSR count). The smallest absolute Gasteiger partial charge is 0.171 e. The van der Waals surface area contributed by atoms with Crippen LogP contribution >= 0.6 is 0 Å². The average Bonchev–Trinajstić information content (AvgIpc) is 2.36. The third-order valence-corrected chi connectivity index (χ3v) is 4.03. The molecule has 2 aromatic rings. The molecule has 0 unspecified atom stereocenters. The number of pyridine rings is 1. The van der Waals surface area contributed by atoms with Gasteiger partial charge in [-0.1, -0.05) is 32.0 Å². The first kappa shape index (κ1) is 13.7. The molecule has 19 heavy (non-hydrogen) atoms. The minimum absolute atomic E-state index is 0.0262. The van der Waals surface area contributed by atoms with Gasteiger partial charge in [-0.3, -0.25) is 9.78 Å². The molecule has 1 aromatic heterocycles. The lowest BCUT2D eigenvalue weighted by Crippen LogP contribution is -2.51. The highest BCUT2D eigenvalue weighted by atomic mass is 16.1. The van der Waals surface area contributed by atoms with Gasteiger partial charge in [0, 0.05) is 28.1 Å². The lowest BCUT2D eigenvalue weighted by molar-refractivity contribution is 0.0735. The molecule has 0 saturated heterocycles. The molecule has 0 fully saturated rings. The van der Waals surface area contributed by atoms with Crippen LogP contribution in [0.3, 0.4) is 0 Å². The Balaban J connectivity index is 2.48. The fourth-order valence-corrected chi connectivity index (χ4v) is 1.85.